The van der Waals surface area contributed by atoms with Crippen molar-refractivity contribution in [3.05, 3.63) is 53.3 Å². The summed E-state index contributed by atoms with van der Waals surface area (Å²) < 4.78 is 31.2. The van der Waals surface area contributed by atoms with Crippen LogP contribution in [0, 0.1) is 6.92 Å². The number of fused-ring (bicyclic) bond motifs is 1. The Kier molecular flexibility index (Phi) is 3.33. The van der Waals surface area contributed by atoms with Crippen LogP contribution < -0.4 is 0 Å². The monoisotopic (exact) mass is 308 g/mol. The number of imidazole rings is 1. The number of nitrogens with zero attached hydrogens (tertiary/aromatic N) is 2. The maximum absolute atomic E-state index is 12.0. The Hall–Kier alpha value is -1.70. The largest absolute Gasteiger partial charge is 0.306 e. The first-order chi connectivity index (χ1) is 9.58. The van der Waals surface area contributed by atoms with E-state index in [4.69, 9.17) is 4.18 Å². The Balaban J connectivity index is 1.90. The minimum atomic E-state index is -3.70. The molecule has 0 aliphatic heterocycles. The summed E-state index contributed by atoms with van der Waals surface area (Å²) in [5.74, 6) is 0. The normalized spacial score (nSPS) is 12.1. The molecular weight excluding hydrogens is 296 g/mol. The summed E-state index contributed by atoms with van der Waals surface area (Å²) in [6.45, 7) is 1.81. The lowest BCUT2D eigenvalue weighted by atomic mass is 10.3. The fourth-order valence-electron chi connectivity index (χ4n) is 1.94. The second kappa shape index (κ2) is 5.01. The van der Waals surface area contributed by atoms with E-state index < -0.39 is 10.1 Å². The molecule has 0 aliphatic carbocycles. The minimum Gasteiger partial charge on any atom is -0.301 e. The number of hydrogen-bond donors (Lipinski definition) is 0. The molecule has 20 heavy (non-hydrogen) atoms. The number of pyridine rings is 1. The fraction of sp³-hybridized carbons (Fsp3) is 0.154. The lowest BCUT2D eigenvalue weighted by Crippen LogP contribution is -2.07. The molecule has 7 heteroatoms. The number of hydrogen-bond acceptors (Lipinski definition) is 5. The number of aromatic nitrogens is 2. The van der Waals surface area contributed by atoms with Gasteiger partial charge in [0, 0.05) is 6.20 Å². The van der Waals surface area contributed by atoms with Crippen LogP contribution in [-0.4, -0.2) is 17.8 Å². The molecule has 5 nitrogen and oxygen atoms in total. The molecule has 3 heterocycles. The van der Waals surface area contributed by atoms with Gasteiger partial charge in [-0.25, -0.2) is 4.98 Å². The van der Waals surface area contributed by atoms with Crippen LogP contribution in [0.25, 0.3) is 5.65 Å². The molecule has 0 aromatic carbocycles. The van der Waals surface area contributed by atoms with Gasteiger partial charge < -0.3 is 4.40 Å². The van der Waals surface area contributed by atoms with E-state index in [2.05, 4.69) is 4.98 Å². The molecule has 3 aromatic rings. The topological polar surface area (TPSA) is 60.7 Å². The molecule has 3 aromatic heterocycles. The van der Waals surface area contributed by atoms with Gasteiger partial charge >= 0.3 is 10.1 Å². The molecule has 104 valence electrons. The summed E-state index contributed by atoms with van der Waals surface area (Å²) in [6, 6.07) is 8.83. The quantitative estimate of drug-likeness (QED) is 0.695. The molecule has 3 rings (SSSR count). The van der Waals surface area contributed by atoms with Crippen molar-refractivity contribution in [1.82, 2.24) is 9.38 Å². The Bertz CT molecular complexity index is 836. The molecule has 0 aliphatic rings. The molecule has 0 unspecified atom stereocenters. The highest BCUT2D eigenvalue weighted by atomic mass is 32.3. The molecule has 0 spiro atoms. The summed E-state index contributed by atoms with van der Waals surface area (Å²) in [5, 5.41) is 1.70. The third-order valence-corrected chi connectivity index (χ3v) is 5.54. The van der Waals surface area contributed by atoms with Gasteiger partial charge in [0.25, 0.3) is 0 Å². The SMILES string of the molecule is Cc1nc2ccccn2c1COS(=O)(=O)c1cccs1. The van der Waals surface area contributed by atoms with Crippen molar-refractivity contribution in [3.8, 4) is 0 Å². The van der Waals surface area contributed by atoms with Crippen molar-refractivity contribution in [3.63, 3.8) is 0 Å². The zero-order valence-corrected chi connectivity index (χ0v) is 12.3. The number of rotatable bonds is 4. The van der Waals surface area contributed by atoms with Crippen molar-refractivity contribution >= 4 is 27.1 Å². The van der Waals surface area contributed by atoms with Crippen LogP contribution in [0.3, 0.4) is 0 Å². The van der Waals surface area contributed by atoms with Crippen molar-refractivity contribution < 1.29 is 12.6 Å². The van der Waals surface area contributed by atoms with Gasteiger partial charge in [-0.2, -0.15) is 8.42 Å². The van der Waals surface area contributed by atoms with Gasteiger partial charge in [-0.15, -0.1) is 11.3 Å². The summed E-state index contributed by atoms with van der Waals surface area (Å²) in [4.78, 5) is 4.37. The predicted molar refractivity (Wildman–Crippen MR) is 76.2 cm³/mol. The molecule has 0 bridgehead atoms. The zero-order chi connectivity index (χ0) is 14.2. The number of aryl methyl sites for hydroxylation is 1. The van der Waals surface area contributed by atoms with Gasteiger partial charge in [-0.1, -0.05) is 12.1 Å². The summed E-state index contributed by atoms with van der Waals surface area (Å²) >= 11 is 1.14. The fourth-order valence-corrected chi connectivity index (χ4v) is 3.79. The van der Waals surface area contributed by atoms with Crippen LogP contribution in [0.15, 0.2) is 46.1 Å². The Morgan fingerprint density at radius 3 is 2.90 bits per heavy atom. The third kappa shape index (κ3) is 2.35. The van der Waals surface area contributed by atoms with Crippen molar-refractivity contribution in [1.29, 1.82) is 0 Å². The Morgan fingerprint density at radius 1 is 1.30 bits per heavy atom. The Labute approximate surface area is 120 Å². The molecular formula is C13H12N2O3S2. The smallest absolute Gasteiger partial charge is 0.301 e. The summed E-state index contributed by atoms with van der Waals surface area (Å²) in [7, 11) is -3.70. The molecule has 0 saturated heterocycles. The highest BCUT2D eigenvalue weighted by molar-refractivity contribution is 7.88. The van der Waals surface area contributed by atoms with E-state index in [-0.39, 0.29) is 10.8 Å². The average Bonchev–Trinajstić information content (AvgIpc) is 3.04. The molecule has 0 N–H and O–H groups in total. The molecule has 0 amide bonds. The van der Waals surface area contributed by atoms with Crippen LogP contribution in [0.2, 0.25) is 0 Å². The van der Waals surface area contributed by atoms with E-state index in [1.807, 2.05) is 35.7 Å². The zero-order valence-electron chi connectivity index (χ0n) is 10.7. The summed E-state index contributed by atoms with van der Waals surface area (Å²) in [5.41, 5.74) is 2.27. The van der Waals surface area contributed by atoms with E-state index >= 15 is 0 Å². The van der Waals surface area contributed by atoms with Crippen LogP contribution in [0.4, 0.5) is 0 Å². The van der Waals surface area contributed by atoms with Gasteiger partial charge in [0.05, 0.1) is 11.4 Å². The van der Waals surface area contributed by atoms with E-state index in [0.717, 1.165) is 28.4 Å². The van der Waals surface area contributed by atoms with Gasteiger partial charge in [0.1, 0.15) is 16.5 Å². The number of thiophene rings is 1. The first-order valence-corrected chi connectivity index (χ1v) is 8.22. The maximum atomic E-state index is 12.0. The van der Waals surface area contributed by atoms with Crippen molar-refractivity contribution in [2.24, 2.45) is 0 Å². The van der Waals surface area contributed by atoms with Gasteiger partial charge in [0.15, 0.2) is 0 Å². The molecule has 0 radical (unpaired) electrons. The standard InChI is InChI=1S/C13H12N2O3S2/c1-10-11(15-7-3-2-5-12(15)14-10)9-18-20(16,17)13-6-4-8-19-13/h2-8H,9H2,1H3. The van der Waals surface area contributed by atoms with Crippen LogP contribution in [0.5, 0.6) is 0 Å². The van der Waals surface area contributed by atoms with Gasteiger partial charge in [-0.3, -0.25) is 4.18 Å². The molecule has 0 fully saturated rings. The van der Waals surface area contributed by atoms with E-state index in [0.29, 0.717) is 0 Å². The Morgan fingerprint density at radius 2 is 2.15 bits per heavy atom. The van der Waals surface area contributed by atoms with Gasteiger partial charge in [0.2, 0.25) is 0 Å². The second-order valence-electron chi connectivity index (χ2n) is 4.22. The van der Waals surface area contributed by atoms with Crippen molar-refractivity contribution in [2.45, 2.75) is 17.7 Å². The lowest BCUT2D eigenvalue weighted by Gasteiger charge is -2.04. The predicted octanol–water partition coefficient (Wildman–Crippen LogP) is 2.61. The average molecular weight is 308 g/mol. The van der Waals surface area contributed by atoms with Gasteiger partial charge in [-0.05, 0) is 30.5 Å². The summed E-state index contributed by atoms with van der Waals surface area (Å²) in [6.07, 6.45) is 1.84. The molecule has 0 saturated carbocycles. The minimum absolute atomic E-state index is 0.0305. The highest BCUT2D eigenvalue weighted by Crippen LogP contribution is 2.21. The maximum Gasteiger partial charge on any atom is 0.306 e. The van der Waals surface area contributed by atoms with Crippen LogP contribution in [-0.2, 0) is 20.9 Å². The first-order valence-electron chi connectivity index (χ1n) is 5.93. The lowest BCUT2D eigenvalue weighted by molar-refractivity contribution is 0.303. The van der Waals surface area contributed by atoms with E-state index in [1.165, 1.54) is 6.07 Å². The van der Waals surface area contributed by atoms with E-state index in [9.17, 15) is 8.42 Å². The van der Waals surface area contributed by atoms with Crippen LogP contribution >= 0.6 is 11.3 Å². The highest BCUT2D eigenvalue weighted by Gasteiger charge is 2.18. The van der Waals surface area contributed by atoms with Crippen molar-refractivity contribution in [2.75, 3.05) is 0 Å². The third-order valence-electron chi connectivity index (χ3n) is 2.92. The van der Waals surface area contributed by atoms with Crippen LogP contribution in [0.1, 0.15) is 11.4 Å². The van der Waals surface area contributed by atoms with E-state index in [1.54, 1.807) is 11.4 Å². The second-order valence-corrected chi connectivity index (χ2v) is 7.01. The first kappa shape index (κ1) is 13.3. The molecule has 0 atom stereocenters.